The molecule has 0 aromatic carbocycles. The minimum Gasteiger partial charge on any atom is -0.352 e. The average molecular weight is 249 g/mol. The van der Waals surface area contributed by atoms with Crippen molar-refractivity contribution >= 4 is 5.91 Å². The predicted octanol–water partition coefficient (Wildman–Crippen LogP) is 2.68. The Bertz CT molecular complexity index is 414. The molecule has 1 N–H and O–H groups in total. The van der Waals surface area contributed by atoms with Crippen molar-refractivity contribution < 1.29 is 4.79 Å². The van der Waals surface area contributed by atoms with Gasteiger partial charge in [-0.15, -0.1) is 0 Å². The van der Waals surface area contributed by atoms with Crippen LogP contribution in [0.25, 0.3) is 0 Å². The summed E-state index contributed by atoms with van der Waals surface area (Å²) in [4.78, 5) is 20.5. The summed E-state index contributed by atoms with van der Waals surface area (Å²) in [6.07, 6.45) is 2.61. The SMILES string of the molecule is Cc1nc(C(C)C)ncc1C(=O)NCCC(C)C. The molecule has 0 radical (unpaired) electrons. The van der Waals surface area contributed by atoms with Gasteiger partial charge in [0.15, 0.2) is 0 Å². The standard InChI is InChI=1S/C14H23N3O/c1-9(2)6-7-15-14(18)12-8-16-13(10(3)4)17-11(12)5/h8-10H,6-7H2,1-5H3,(H,15,18). The van der Waals surface area contributed by atoms with E-state index in [1.807, 2.05) is 20.8 Å². The Morgan fingerprint density at radius 3 is 2.50 bits per heavy atom. The van der Waals surface area contributed by atoms with E-state index in [2.05, 4.69) is 29.1 Å². The molecule has 0 unspecified atom stereocenters. The highest BCUT2D eigenvalue weighted by atomic mass is 16.1. The number of nitrogens with one attached hydrogen (secondary N) is 1. The number of carbonyl (C=O) groups is 1. The van der Waals surface area contributed by atoms with Crippen LogP contribution in [0.15, 0.2) is 6.20 Å². The molecule has 0 saturated heterocycles. The maximum Gasteiger partial charge on any atom is 0.254 e. The normalized spacial score (nSPS) is 11.1. The molecule has 0 spiro atoms. The van der Waals surface area contributed by atoms with Gasteiger partial charge in [-0.2, -0.15) is 0 Å². The summed E-state index contributed by atoms with van der Waals surface area (Å²) in [6, 6.07) is 0. The number of aromatic nitrogens is 2. The Labute approximate surface area is 109 Å². The van der Waals surface area contributed by atoms with E-state index in [9.17, 15) is 4.79 Å². The van der Waals surface area contributed by atoms with E-state index in [1.54, 1.807) is 6.20 Å². The molecule has 1 amide bonds. The van der Waals surface area contributed by atoms with Gasteiger partial charge in [0, 0.05) is 18.7 Å². The van der Waals surface area contributed by atoms with Crippen LogP contribution in [0.2, 0.25) is 0 Å². The van der Waals surface area contributed by atoms with Crippen molar-refractivity contribution in [2.45, 2.75) is 47.0 Å². The lowest BCUT2D eigenvalue weighted by Crippen LogP contribution is -2.26. The van der Waals surface area contributed by atoms with E-state index in [0.29, 0.717) is 18.0 Å². The third kappa shape index (κ3) is 4.09. The lowest BCUT2D eigenvalue weighted by atomic mass is 10.1. The fourth-order valence-electron chi connectivity index (χ4n) is 1.56. The molecule has 0 saturated carbocycles. The molecular weight excluding hydrogens is 226 g/mol. The molecule has 100 valence electrons. The van der Waals surface area contributed by atoms with E-state index in [1.165, 1.54) is 0 Å². The Morgan fingerprint density at radius 1 is 1.33 bits per heavy atom. The number of carbonyl (C=O) groups excluding carboxylic acids is 1. The number of hydrogen-bond donors (Lipinski definition) is 1. The lowest BCUT2D eigenvalue weighted by molar-refractivity contribution is 0.0950. The Kier molecular flexibility index (Phi) is 5.25. The summed E-state index contributed by atoms with van der Waals surface area (Å²) >= 11 is 0. The van der Waals surface area contributed by atoms with Crippen molar-refractivity contribution in [1.29, 1.82) is 0 Å². The zero-order chi connectivity index (χ0) is 13.7. The van der Waals surface area contributed by atoms with Crippen molar-refractivity contribution in [2.75, 3.05) is 6.54 Å². The second-order valence-corrected chi connectivity index (χ2v) is 5.32. The van der Waals surface area contributed by atoms with Gasteiger partial charge >= 0.3 is 0 Å². The Hall–Kier alpha value is -1.45. The first-order chi connectivity index (χ1) is 8.41. The third-order valence-corrected chi connectivity index (χ3v) is 2.77. The molecular formula is C14H23N3O. The van der Waals surface area contributed by atoms with Crippen LogP contribution in [0.4, 0.5) is 0 Å². The summed E-state index contributed by atoms with van der Waals surface area (Å²) in [5, 5.41) is 2.90. The zero-order valence-electron chi connectivity index (χ0n) is 11.9. The molecule has 0 aliphatic rings. The monoisotopic (exact) mass is 249 g/mol. The first-order valence-electron chi connectivity index (χ1n) is 6.53. The van der Waals surface area contributed by atoms with Crippen molar-refractivity contribution in [3.63, 3.8) is 0 Å². The molecule has 18 heavy (non-hydrogen) atoms. The predicted molar refractivity (Wildman–Crippen MR) is 72.6 cm³/mol. The summed E-state index contributed by atoms with van der Waals surface area (Å²) in [5.41, 5.74) is 1.32. The summed E-state index contributed by atoms with van der Waals surface area (Å²) in [6.45, 7) is 10.9. The van der Waals surface area contributed by atoms with Gasteiger partial charge in [-0.25, -0.2) is 9.97 Å². The maximum absolute atomic E-state index is 11.9. The molecule has 0 fully saturated rings. The van der Waals surface area contributed by atoms with E-state index in [4.69, 9.17) is 0 Å². The van der Waals surface area contributed by atoms with E-state index >= 15 is 0 Å². The van der Waals surface area contributed by atoms with Crippen LogP contribution >= 0.6 is 0 Å². The number of nitrogens with zero attached hydrogens (tertiary/aromatic N) is 2. The number of amides is 1. The van der Waals surface area contributed by atoms with Crippen LogP contribution in [-0.2, 0) is 0 Å². The van der Waals surface area contributed by atoms with Gasteiger partial charge in [0.2, 0.25) is 0 Å². The third-order valence-electron chi connectivity index (χ3n) is 2.77. The molecule has 1 heterocycles. The minimum absolute atomic E-state index is 0.0801. The highest BCUT2D eigenvalue weighted by Gasteiger charge is 2.12. The van der Waals surface area contributed by atoms with E-state index in [0.717, 1.165) is 17.9 Å². The van der Waals surface area contributed by atoms with Crippen LogP contribution in [-0.4, -0.2) is 22.4 Å². The number of rotatable bonds is 5. The van der Waals surface area contributed by atoms with Crippen molar-refractivity contribution in [2.24, 2.45) is 5.92 Å². The van der Waals surface area contributed by atoms with Gasteiger partial charge in [0.05, 0.1) is 11.3 Å². The van der Waals surface area contributed by atoms with Gasteiger partial charge in [-0.1, -0.05) is 27.7 Å². The highest BCUT2D eigenvalue weighted by molar-refractivity contribution is 5.94. The van der Waals surface area contributed by atoms with Crippen LogP contribution in [0, 0.1) is 12.8 Å². The molecule has 0 aliphatic carbocycles. The van der Waals surface area contributed by atoms with E-state index < -0.39 is 0 Å². The quantitative estimate of drug-likeness (QED) is 0.873. The molecule has 0 aliphatic heterocycles. The topological polar surface area (TPSA) is 54.9 Å². The van der Waals surface area contributed by atoms with Crippen molar-refractivity contribution in [1.82, 2.24) is 15.3 Å². The van der Waals surface area contributed by atoms with Gasteiger partial charge in [0.1, 0.15) is 5.82 Å². The first-order valence-corrected chi connectivity index (χ1v) is 6.53. The average Bonchev–Trinajstić information content (AvgIpc) is 2.27. The first kappa shape index (κ1) is 14.6. The summed E-state index contributed by atoms with van der Waals surface area (Å²) in [7, 11) is 0. The van der Waals surface area contributed by atoms with Crippen molar-refractivity contribution in [3.05, 3.63) is 23.3 Å². The minimum atomic E-state index is -0.0801. The number of aryl methyl sites for hydroxylation is 1. The molecule has 4 nitrogen and oxygen atoms in total. The van der Waals surface area contributed by atoms with Gasteiger partial charge in [-0.3, -0.25) is 4.79 Å². The second kappa shape index (κ2) is 6.47. The fraction of sp³-hybridized carbons (Fsp3) is 0.643. The van der Waals surface area contributed by atoms with Crippen LogP contribution < -0.4 is 5.32 Å². The van der Waals surface area contributed by atoms with Crippen LogP contribution in [0.1, 0.15) is 61.9 Å². The smallest absolute Gasteiger partial charge is 0.254 e. The molecule has 1 rings (SSSR count). The van der Waals surface area contributed by atoms with Crippen molar-refractivity contribution in [3.8, 4) is 0 Å². The van der Waals surface area contributed by atoms with Gasteiger partial charge in [-0.05, 0) is 19.3 Å². The molecule has 0 bridgehead atoms. The molecule has 1 aromatic rings. The second-order valence-electron chi connectivity index (χ2n) is 5.32. The van der Waals surface area contributed by atoms with Gasteiger partial charge < -0.3 is 5.32 Å². The Balaban J connectivity index is 2.69. The molecule has 0 atom stereocenters. The van der Waals surface area contributed by atoms with Crippen LogP contribution in [0.5, 0.6) is 0 Å². The van der Waals surface area contributed by atoms with E-state index in [-0.39, 0.29) is 11.8 Å². The molecule has 4 heteroatoms. The Morgan fingerprint density at radius 2 is 2.00 bits per heavy atom. The van der Waals surface area contributed by atoms with Crippen LogP contribution in [0.3, 0.4) is 0 Å². The summed E-state index contributed by atoms with van der Waals surface area (Å²) < 4.78 is 0. The van der Waals surface area contributed by atoms with Gasteiger partial charge in [0.25, 0.3) is 5.91 Å². The molecule has 1 aromatic heterocycles. The largest absolute Gasteiger partial charge is 0.352 e. The zero-order valence-corrected chi connectivity index (χ0v) is 11.9. The lowest BCUT2D eigenvalue weighted by Gasteiger charge is -2.10. The fourth-order valence-corrected chi connectivity index (χ4v) is 1.56. The number of hydrogen-bond acceptors (Lipinski definition) is 3. The maximum atomic E-state index is 11.9. The summed E-state index contributed by atoms with van der Waals surface area (Å²) in [5.74, 6) is 1.57. The highest BCUT2D eigenvalue weighted by Crippen LogP contribution is 2.11.